The van der Waals surface area contributed by atoms with E-state index in [1.165, 1.54) is 11.7 Å². The zero-order chi connectivity index (χ0) is 15.4. The van der Waals surface area contributed by atoms with E-state index in [1.54, 1.807) is 0 Å². The molecule has 0 N–H and O–H groups in total. The molecule has 3 aromatic carbocycles. The van der Waals surface area contributed by atoms with Crippen LogP contribution in [0.3, 0.4) is 0 Å². The summed E-state index contributed by atoms with van der Waals surface area (Å²) >= 11 is 4.77. The van der Waals surface area contributed by atoms with Crippen molar-refractivity contribution in [2.24, 2.45) is 0 Å². The zero-order valence-corrected chi connectivity index (χ0v) is 14.2. The smallest absolute Gasteiger partial charge is 0.135 e. The van der Waals surface area contributed by atoms with Gasteiger partial charge in [-0.05, 0) is 45.8 Å². The van der Waals surface area contributed by atoms with Crippen LogP contribution < -0.4 is 0 Å². The molecular formula is C18H9BrN2OS. The monoisotopic (exact) mass is 380 g/mol. The quantitative estimate of drug-likeness (QED) is 0.356. The first-order valence-electron chi connectivity index (χ1n) is 7.14. The molecule has 23 heavy (non-hydrogen) atoms. The Balaban J connectivity index is 1.84. The molecule has 0 aliphatic rings. The van der Waals surface area contributed by atoms with Gasteiger partial charge in [0.05, 0.1) is 11.7 Å². The summed E-state index contributed by atoms with van der Waals surface area (Å²) in [6, 6.07) is 18.5. The maximum atomic E-state index is 5.90. The second-order valence-electron chi connectivity index (χ2n) is 5.37. The van der Waals surface area contributed by atoms with Crippen LogP contribution in [0.2, 0.25) is 0 Å². The van der Waals surface area contributed by atoms with Crippen LogP contribution in [-0.2, 0) is 0 Å². The van der Waals surface area contributed by atoms with Gasteiger partial charge in [0.25, 0.3) is 0 Å². The maximum Gasteiger partial charge on any atom is 0.135 e. The highest BCUT2D eigenvalue weighted by Crippen LogP contribution is 2.36. The highest BCUT2D eigenvalue weighted by atomic mass is 79.9. The van der Waals surface area contributed by atoms with Crippen molar-refractivity contribution in [1.29, 1.82) is 0 Å². The first-order valence-corrected chi connectivity index (χ1v) is 8.66. The molecule has 110 valence electrons. The average molecular weight is 381 g/mol. The van der Waals surface area contributed by atoms with Crippen LogP contribution in [0.5, 0.6) is 0 Å². The Bertz CT molecular complexity index is 1190. The molecule has 5 rings (SSSR count). The largest absolute Gasteiger partial charge is 0.456 e. The Kier molecular flexibility index (Phi) is 2.80. The second kappa shape index (κ2) is 4.88. The van der Waals surface area contributed by atoms with Gasteiger partial charge < -0.3 is 4.42 Å². The van der Waals surface area contributed by atoms with E-state index in [0.717, 1.165) is 48.6 Å². The number of hydrogen-bond donors (Lipinski definition) is 0. The number of benzene rings is 3. The summed E-state index contributed by atoms with van der Waals surface area (Å²) in [5.41, 5.74) is 5.86. The predicted molar refractivity (Wildman–Crippen MR) is 97.8 cm³/mol. The van der Waals surface area contributed by atoms with Gasteiger partial charge in [0.1, 0.15) is 22.2 Å². The lowest BCUT2D eigenvalue weighted by Gasteiger charge is -2.03. The highest BCUT2D eigenvalue weighted by Gasteiger charge is 2.13. The van der Waals surface area contributed by atoms with Gasteiger partial charge in [0, 0.05) is 20.8 Å². The van der Waals surface area contributed by atoms with Crippen molar-refractivity contribution in [3.63, 3.8) is 0 Å². The Morgan fingerprint density at radius 3 is 2.61 bits per heavy atom. The number of fused-ring (bicyclic) bond motifs is 4. The summed E-state index contributed by atoms with van der Waals surface area (Å²) < 4.78 is 15.7. The van der Waals surface area contributed by atoms with Gasteiger partial charge >= 0.3 is 0 Å². The summed E-state index contributed by atoms with van der Waals surface area (Å²) in [6.07, 6.45) is 0. The second-order valence-corrected chi connectivity index (χ2v) is 6.75. The molecule has 2 aromatic heterocycles. The highest BCUT2D eigenvalue weighted by molar-refractivity contribution is 9.10. The predicted octanol–water partition coefficient (Wildman–Crippen LogP) is 6.02. The number of furan rings is 1. The van der Waals surface area contributed by atoms with Gasteiger partial charge in [-0.2, -0.15) is 8.75 Å². The average Bonchev–Trinajstić information content (AvgIpc) is 3.20. The van der Waals surface area contributed by atoms with Gasteiger partial charge in [-0.25, -0.2) is 0 Å². The Morgan fingerprint density at radius 1 is 0.826 bits per heavy atom. The van der Waals surface area contributed by atoms with Crippen molar-refractivity contribution in [1.82, 2.24) is 8.75 Å². The van der Waals surface area contributed by atoms with Crippen LogP contribution in [0.15, 0.2) is 63.5 Å². The van der Waals surface area contributed by atoms with Crippen LogP contribution in [0.1, 0.15) is 0 Å². The molecule has 5 aromatic rings. The van der Waals surface area contributed by atoms with Crippen LogP contribution in [-0.4, -0.2) is 8.75 Å². The molecule has 0 spiro atoms. The molecule has 0 saturated carbocycles. The van der Waals surface area contributed by atoms with E-state index in [2.05, 4.69) is 48.9 Å². The van der Waals surface area contributed by atoms with E-state index in [1.807, 2.05) is 30.3 Å². The molecule has 2 heterocycles. The van der Waals surface area contributed by atoms with Crippen molar-refractivity contribution in [3.05, 3.63) is 59.1 Å². The fourth-order valence-corrected chi connectivity index (χ4v) is 4.06. The number of hydrogen-bond acceptors (Lipinski definition) is 4. The standard InChI is InChI=1S/C18H9BrN2OS/c19-14-7-6-11(17-18(14)21-23-20-17)10-5-8-16-13(9-10)12-3-1-2-4-15(12)22-16/h1-9H. The van der Waals surface area contributed by atoms with Gasteiger partial charge in [-0.3, -0.25) is 0 Å². The van der Waals surface area contributed by atoms with Crippen LogP contribution in [0.25, 0.3) is 44.1 Å². The van der Waals surface area contributed by atoms with Crippen molar-refractivity contribution in [3.8, 4) is 11.1 Å². The number of nitrogens with zero attached hydrogens (tertiary/aromatic N) is 2. The molecule has 0 amide bonds. The first-order chi connectivity index (χ1) is 11.3. The fourth-order valence-electron chi connectivity index (χ4n) is 2.96. The van der Waals surface area contributed by atoms with E-state index in [9.17, 15) is 0 Å². The van der Waals surface area contributed by atoms with Gasteiger partial charge in [0.15, 0.2) is 0 Å². The minimum Gasteiger partial charge on any atom is -0.456 e. The van der Waals surface area contributed by atoms with Gasteiger partial charge in [-0.15, -0.1) is 0 Å². The summed E-state index contributed by atoms with van der Waals surface area (Å²) in [5, 5.41) is 2.26. The van der Waals surface area contributed by atoms with E-state index in [4.69, 9.17) is 4.42 Å². The maximum absolute atomic E-state index is 5.90. The zero-order valence-electron chi connectivity index (χ0n) is 11.8. The molecule has 0 aliphatic carbocycles. The van der Waals surface area contributed by atoms with Gasteiger partial charge in [-0.1, -0.05) is 30.3 Å². The molecular weight excluding hydrogens is 372 g/mol. The first kappa shape index (κ1) is 13.2. The van der Waals surface area contributed by atoms with Crippen LogP contribution in [0, 0.1) is 0 Å². The molecule has 0 unspecified atom stereocenters. The minimum atomic E-state index is 0.903. The third-order valence-corrected chi connectivity index (χ3v) is 5.22. The molecule has 0 fully saturated rings. The van der Waals surface area contributed by atoms with Crippen LogP contribution in [0.4, 0.5) is 0 Å². The SMILES string of the molecule is Brc1ccc(-c2ccc3oc4ccccc4c3c2)c2nsnc12. The third-order valence-electron chi connectivity index (χ3n) is 4.05. The summed E-state index contributed by atoms with van der Waals surface area (Å²) in [5.74, 6) is 0. The Labute approximate surface area is 144 Å². The third kappa shape index (κ3) is 1.93. The molecule has 0 bridgehead atoms. The summed E-state index contributed by atoms with van der Waals surface area (Å²) in [4.78, 5) is 0. The normalized spacial score (nSPS) is 11.7. The molecule has 0 atom stereocenters. The molecule has 0 radical (unpaired) electrons. The molecule has 0 saturated heterocycles. The molecule has 3 nitrogen and oxygen atoms in total. The number of para-hydroxylation sites is 1. The van der Waals surface area contributed by atoms with Crippen molar-refractivity contribution < 1.29 is 4.42 Å². The lowest BCUT2D eigenvalue weighted by Crippen LogP contribution is -1.82. The van der Waals surface area contributed by atoms with E-state index < -0.39 is 0 Å². The lowest BCUT2D eigenvalue weighted by atomic mass is 10.0. The van der Waals surface area contributed by atoms with Crippen molar-refractivity contribution in [2.45, 2.75) is 0 Å². The van der Waals surface area contributed by atoms with Crippen LogP contribution >= 0.6 is 27.7 Å². The minimum absolute atomic E-state index is 0.903. The Hall–Kier alpha value is -2.24. The van der Waals surface area contributed by atoms with Gasteiger partial charge in [0.2, 0.25) is 0 Å². The number of aromatic nitrogens is 2. The van der Waals surface area contributed by atoms with Crippen molar-refractivity contribution >= 4 is 60.6 Å². The summed E-state index contributed by atoms with van der Waals surface area (Å²) in [7, 11) is 0. The number of halogens is 1. The summed E-state index contributed by atoms with van der Waals surface area (Å²) in [6.45, 7) is 0. The number of rotatable bonds is 1. The van der Waals surface area contributed by atoms with E-state index in [0.29, 0.717) is 0 Å². The fraction of sp³-hybridized carbons (Fsp3) is 0. The Morgan fingerprint density at radius 2 is 1.65 bits per heavy atom. The lowest BCUT2D eigenvalue weighted by molar-refractivity contribution is 0.669. The van der Waals surface area contributed by atoms with E-state index in [-0.39, 0.29) is 0 Å². The van der Waals surface area contributed by atoms with Crippen molar-refractivity contribution in [2.75, 3.05) is 0 Å². The van der Waals surface area contributed by atoms with E-state index >= 15 is 0 Å². The molecule has 0 aliphatic heterocycles. The topological polar surface area (TPSA) is 38.9 Å². The molecule has 5 heteroatoms.